The molecular formula is C13H20N3O+. The van der Waals surface area contributed by atoms with Crippen LogP contribution in [0.15, 0.2) is 18.3 Å². The SMILES string of the molecule is CC(C)C[NH+](CCC#N)CC(=O)c1ccc[nH]1. The van der Waals surface area contributed by atoms with Crippen molar-refractivity contribution in [2.75, 3.05) is 19.6 Å². The highest BCUT2D eigenvalue weighted by Gasteiger charge is 2.17. The molecule has 92 valence electrons. The molecule has 0 aliphatic heterocycles. The highest BCUT2D eigenvalue weighted by Crippen LogP contribution is 1.94. The van der Waals surface area contributed by atoms with Crippen molar-refractivity contribution in [3.8, 4) is 6.07 Å². The van der Waals surface area contributed by atoms with Gasteiger partial charge in [0.25, 0.3) is 0 Å². The van der Waals surface area contributed by atoms with Crippen LogP contribution in [0.1, 0.15) is 30.8 Å². The maximum absolute atomic E-state index is 11.9. The minimum Gasteiger partial charge on any atom is -0.359 e. The van der Waals surface area contributed by atoms with Crippen LogP contribution in [0.2, 0.25) is 0 Å². The molecule has 1 aromatic rings. The molecule has 0 aliphatic carbocycles. The van der Waals surface area contributed by atoms with E-state index in [-0.39, 0.29) is 5.78 Å². The second kappa shape index (κ2) is 6.87. The lowest BCUT2D eigenvalue weighted by atomic mass is 10.2. The van der Waals surface area contributed by atoms with Crippen LogP contribution in [0.3, 0.4) is 0 Å². The lowest BCUT2D eigenvalue weighted by molar-refractivity contribution is -0.894. The topological polar surface area (TPSA) is 61.1 Å². The molecule has 17 heavy (non-hydrogen) atoms. The summed E-state index contributed by atoms with van der Waals surface area (Å²) < 4.78 is 0. The van der Waals surface area contributed by atoms with E-state index in [2.05, 4.69) is 24.9 Å². The van der Waals surface area contributed by atoms with Crippen LogP contribution < -0.4 is 4.90 Å². The summed E-state index contributed by atoms with van der Waals surface area (Å²) >= 11 is 0. The number of rotatable bonds is 7. The summed E-state index contributed by atoms with van der Waals surface area (Å²) in [5.74, 6) is 0.642. The maximum Gasteiger partial charge on any atom is 0.232 e. The van der Waals surface area contributed by atoms with Gasteiger partial charge in [-0.15, -0.1) is 0 Å². The van der Waals surface area contributed by atoms with Crippen molar-refractivity contribution < 1.29 is 9.69 Å². The molecule has 1 aromatic heterocycles. The number of carbonyl (C=O) groups is 1. The van der Waals surface area contributed by atoms with Gasteiger partial charge in [-0.2, -0.15) is 5.26 Å². The molecule has 1 rings (SSSR count). The molecule has 0 aliphatic rings. The fourth-order valence-electron chi connectivity index (χ4n) is 1.90. The summed E-state index contributed by atoms with van der Waals surface area (Å²) in [7, 11) is 0. The largest absolute Gasteiger partial charge is 0.359 e. The molecule has 0 spiro atoms. The van der Waals surface area contributed by atoms with Gasteiger partial charge in [-0.1, -0.05) is 13.8 Å². The molecule has 0 bridgehead atoms. The van der Waals surface area contributed by atoms with Gasteiger partial charge < -0.3 is 9.88 Å². The minimum absolute atomic E-state index is 0.114. The van der Waals surface area contributed by atoms with E-state index >= 15 is 0 Å². The summed E-state index contributed by atoms with van der Waals surface area (Å²) in [5.41, 5.74) is 0.656. The minimum atomic E-state index is 0.114. The Morgan fingerprint density at radius 1 is 1.59 bits per heavy atom. The fourth-order valence-corrected chi connectivity index (χ4v) is 1.90. The van der Waals surface area contributed by atoms with Crippen LogP contribution in [0.4, 0.5) is 0 Å². The van der Waals surface area contributed by atoms with E-state index in [1.54, 1.807) is 12.3 Å². The quantitative estimate of drug-likeness (QED) is 0.681. The predicted octanol–water partition coefficient (Wildman–Crippen LogP) is 0.652. The molecule has 0 amide bonds. The summed E-state index contributed by atoms with van der Waals surface area (Å²) in [5, 5.41) is 8.61. The monoisotopic (exact) mass is 234 g/mol. The number of quaternary nitrogens is 1. The van der Waals surface area contributed by atoms with Crippen LogP contribution in [0.25, 0.3) is 0 Å². The highest BCUT2D eigenvalue weighted by molar-refractivity contribution is 5.95. The molecule has 0 fully saturated rings. The van der Waals surface area contributed by atoms with Crippen LogP contribution in [-0.2, 0) is 0 Å². The smallest absolute Gasteiger partial charge is 0.232 e. The Labute approximate surface area is 102 Å². The van der Waals surface area contributed by atoms with Crippen molar-refractivity contribution in [3.05, 3.63) is 24.0 Å². The zero-order chi connectivity index (χ0) is 12.7. The molecule has 4 heteroatoms. The van der Waals surface area contributed by atoms with Crippen molar-refractivity contribution in [3.63, 3.8) is 0 Å². The predicted molar refractivity (Wildman–Crippen MR) is 65.8 cm³/mol. The highest BCUT2D eigenvalue weighted by atomic mass is 16.1. The summed E-state index contributed by atoms with van der Waals surface area (Å²) in [4.78, 5) is 16.0. The molecule has 0 saturated heterocycles. The van der Waals surface area contributed by atoms with Gasteiger partial charge in [0.2, 0.25) is 5.78 Å². The molecule has 0 aromatic carbocycles. The lowest BCUT2D eigenvalue weighted by Crippen LogP contribution is -3.13. The Morgan fingerprint density at radius 2 is 2.35 bits per heavy atom. The Kier molecular flexibility index (Phi) is 5.44. The Hall–Kier alpha value is -1.60. The average molecular weight is 234 g/mol. The van der Waals surface area contributed by atoms with Gasteiger partial charge >= 0.3 is 0 Å². The number of H-pyrrole nitrogens is 1. The van der Waals surface area contributed by atoms with Crippen molar-refractivity contribution in [2.24, 2.45) is 5.92 Å². The van der Waals surface area contributed by atoms with E-state index in [1.807, 2.05) is 6.07 Å². The normalized spacial score (nSPS) is 12.4. The molecule has 1 heterocycles. The number of nitriles is 1. The van der Waals surface area contributed by atoms with E-state index in [4.69, 9.17) is 5.26 Å². The van der Waals surface area contributed by atoms with Gasteiger partial charge in [0, 0.05) is 12.1 Å². The number of aromatic amines is 1. The number of ketones is 1. The Bertz CT molecular complexity index is 376. The molecule has 0 radical (unpaired) electrons. The molecule has 2 N–H and O–H groups in total. The first kappa shape index (κ1) is 13.5. The number of nitrogens with one attached hydrogen (secondary N) is 2. The molecular weight excluding hydrogens is 214 g/mol. The van der Waals surface area contributed by atoms with E-state index in [0.717, 1.165) is 13.1 Å². The number of Topliss-reactive ketones (excluding diaryl/α,β-unsaturated/α-hetero) is 1. The van der Waals surface area contributed by atoms with Crippen LogP contribution in [0, 0.1) is 17.2 Å². The third-order valence-corrected chi connectivity index (χ3v) is 2.60. The van der Waals surface area contributed by atoms with Crippen molar-refractivity contribution in [1.82, 2.24) is 4.98 Å². The zero-order valence-electron chi connectivity index (χ0n) is 10.5. The van der Waals surface area contributed by atoms with Gasteiger partial charge in [-0.3, -0.25) is 4.79 Å². The number of hydrogen-bond donors (Lipinski definition) is 2. The first-order valence-corrected chi connectivity index (χ1v) is 6.00. The third kappa shape index (κ3) is 4.83. The van der Waals surface area contributed by atoms with Gasteiger partial charge in [0.05, 0.1) is 31.3 Å². The first-order chi connectivity index (χ1) is 8.13. The van der Waals surface area contributed by atoms with E-state index in [9.17, 15) is 4.79 Å². The lowest BCUT2D eigenvalue weighted by Gasteiger charge is -2.19. The average Bonchev–Trinajstić information content (AvgIpc) is 2.78. The van der Waals surface area contributed by atoms with Gasteiger partial charge in [0.1, 0.15) is 6.54 Å². The van der Waals surface area contributed by atoms with Crippen LogP contribution >= 0.6 is 0 Å². The van der Waals surface area contributed by atoms with Crippen LogP contribution in [-0.4, -0.2) is 30.4 Å². The molecule has 0 saturated carbocycles. The number of nitrogens with zero attached hydrogens (tertiary/aromatic N) is 1. The van der Waals surface area contributed by atoms with Gasteiger partial charge in [0.15, 0.2) is 0 Å². The molecule has 4 nitrogen and oxygen atoms in total. The van der Waals surface area contributed by atoms with Crippen molar-refractivity contribution >= 4 is 5.78 Å². The van der Waals surface area contributed by atoms with E-state index in [0.29, 0.717) is 24.6 Å². The fraction of sp³-hybridized carbons (Fsp3) is 0.538. The van der Waals surface area contributed by atoms with Gasteiger partial charge in [-0.05, 0) is 12.1 Å². The Balaban J connectivity index is 2.53. The van der Waals surface area contributed by atoms with Gasteiger partial charge in [-0.25, -0.2) is 0 Å². The Morgan fingerprint density at radius 3 is 2.88 bits per heavy atom. The number of aromatic nitrogens is 1. The molecule has 1 atom stereocenters. The summed E-state index contributed by atoms with van der Waals surface area (Å²) in [6.45, 7) is 6.38. The summed E-state index contributed by atoms with van der Waals surface area (Å²) in [6.07, 6.45) is 2.25. The zero-order valence-corrected chi connectivity index (χ0v) is 10.5. The van der Waals surface area contributed by atoms with E-state index in [1.165, 1.54) is 4.90 Å². The number of carbonyl (C=O) groups excluding carboxylic acids is 1. The first-order valence-electron chi connectivity index (χ1n) is 6.00. The third-order valence-electron chi connectivity index (χ3n) is 2.60. The molecule has 1 unspecified atom stereocenters. The second-order valence-electron chi connectivity index (χ2n) is 4.69. The van der Waals surface area contributed by atoms with Crippen molar-refractivity contribution in [2.45, 2.75) is 20.3 Å². The van der Waals surface area contributed by atoms with E-state index < -0.39 is 0 Å². The standard InChI is InChI=1S/C13H19N3O/c1-11(2)9-16(8-4-6-14)10-13(17)12-5-3-7-15-12/h3,5,7,11,15H,4,8-10H2,1-2H3/p+1. The maximum atomic E-state index is 11.9. The number of hydrogen-bond acceptors (Lipinski definition) is 2. The van der Waals surface area contributed by atoms with Crippen LogP contribution in [0.5, 0.6) is 0 Å². The summed E-state index contributed by atoms with van der Waals surface area (Å²) in [6, 6.07) is 5.75. The van der Waals surface area contributed by atoms with Crippen molar-refractivity contribution in [1.29, 1.82) is 5.26 Å². The second-order valence-corrected chi connectivity index (χ2v) is 4.69.